The Labute approximate surface area is 134 Å². The summed E-state index contributed by atoms with van der Waals surface area (Å²) in [6, 6.07) is 5.93. The summed E-state index contributed by atoms with van der Waals surface area (Å²) in [6.45, 7) is 5.39. The Bertz CT molecular complexity index is 695. The number of hydrogen-bond donors (Lipinski definition) is 2. The molecule has 0 aliphatic carbocycles. The first kappa shape index (κ1) is 16.7. The predicted molar refractivity (Wildman–Crippen MR) is 85.0 cm³/mol. The maximum absolute atomic E-state index is 12.4. The van der Waals surface area contributed by atoms with Crippen LogP contribution in [0.2, 0.25) is 0 Å². The topological polar surface area (TPSA) is 92.4 Å². The van der Waals surface area contributed by atoms with Gasteiger partial charge in [-0.1, -0.05) is 20.3 Å². The number of rotatable bonds is 6. The normalized spacial score (nSPS) is 13.3. The highest BCUT2D eigenvalue weighted by Crippen LogP contribution is 2.19. The lowest BCUT2D eigenvalue weighted by atomic mass is 9.99. The van der Waals surface area contributed by atoms with Gasteiger partial charge in [0.15, 0.2) is 5.76 Å². The number of aromatic nitrogens is 1. The molecule has 2 rings (SSSR count). The highest BCUT2D eigenvalue weighted by atomic mass is 16.4. The molecular formula is C17H20N2O4. The molecule has 122 valence electrons. The van der Waals surface area contributed by atoms with Gasteiger partial charge in [0.25, 0.3) is 5.91 Å². The van der Waals surface area contributed by atoms with Gasteiger partial charge in [0.1, 0.15) is 11.7 Å². The summed E-state index contributed by atoms with van der Waals surface area (Å²) in [5, 5.41) is 11.8. The van der Waals surface area contributed by atoms with E-state index >= 15 is 0 Å². The van der Waals surface area contributed by atoms with E-state index in [1.54, 1.807) is 44.4 Å². The van der Waals surface area contributed by atoms with Crippen LogP contribution < -0.4 is 5.32 Å². The number of nitrogens with zero attached hydrogens (tertiary/aromatic N) is 1. The van der Waals surface area contributed by atoms with Crippen molar-refractivity contribution >= 4 is 11.9 Å². The van der Waals surface area contributed by atoms with E-state index in [4.69, 9.17) is 4.42 Å². The maximum Gasteiger partial charge on any atom is 0.326 e. The summed E-state index contributed by atoms with van der Waals surface area (Å²) in [5.74, 6) is -1.02. The molecule has 6 nitrogen and oxygen atoms in total. The Morgan fingerprint density at radius 1 is 1.35 bits per heavy atom. The van der Waals surface area contributed by atoms with E-state index < -0.39 is 17.9 Å². The minimum absolute atomic E-state index is 0.160. The molecule has 2 aromatic rings. The Kier molecular flexibility index (Phi) is 5.16. The number of furan rings is 1. The Hall–Kier alpha value is -2.63. The summed E-state index contributed by atoms with van der Waals surface area (Å²) in [4.78, 5) is 28.0. The molecule has 0 fully saturated rings. The molecule has 2 aromatic heterocycles. The van der Waals surface area contributed by atoms with E-state index in [2.05, 4.69) is 10.3 Å². The molecule has 0 aromatic carbocycles. The third-order valence-electron chi connectivity index (χ3n) is 3.87. The van der Waals surface area contributed by atoms with Gasteiger partial charge < -0.3 is 14.8 Å². The summed E-state index contributed by atoms with van der Waals surface area (Å²) in [7, 11) is 0. The van der Waals surface area contributed by atoms with Crippen LogP contribution in [-0.2, 0) is 4.79 Å². The summed E-state index contributed by atoms with van der Waals surface area (Å²) in [5.41, 5.74) is 1.50. The molecule has 0 spiro atoms. The van der Waals surface area contributed by atoms with Crippen LogP contribution in [0.5, 0.6) is 0 Å². The number of carboxylic acid groups (broad SMARTS) is 1. The van der Waals surface area contributed by atoms with Gasteiger partial charge in [-0.05, 0) is 37.1 Å². The number of nitrogens with one attached hydrogen (secondary N) is 1. The molecule has 0 saturated heterocycles. The minimum atomic E-state index is -1.04. The van der Waals surface area contributed by atoms with Crippen molar-refractivity contribution in [2.24, 2.45) is 5.92 Å². The molecule has 23 heavy (non-hydrogen) atoms. The molecular weight excluding hydrogens is 296 g/mol. The Balaban J connectivity index is 2.21. The van der Waals surface area contributed by atoms with Gasteiger partial charge in [0.2, 0.25) is 0 Å². The highest BCUT2D eigenvalue weighted by Gasteiger charge is 2.26. The van der Waals surface area contributed by atoms with Gasteiger partial charge in [-0.2, -0.15) is 0 Å². The number of amides is 1. The number of carbonyl (C=O) groups excluding carboxylic acids is 1. The zero-order valence-electron chi connectivity index (χ0n) is 13.4. The lowest BCUT2D eigenvalue weighted by Crippen LogP contribution is -2.45. The van der Waals surface area contributed by atoms with Crippen LogP contribution in [0.25, 0.3) is 11.5 Å². The first-order valence-corrected chi connectivity index (χ1v) is 7.49. The average molecular weight is 316 g/mol. The largest absolute Gasteiger partial charge is 0.480 e. The average Bonchev–Trinajstić information content (AvgIpc) is 3.05. The van der Waals surface area contributed by atoms with Crippen molar-refractivity contribution in [3.05, 3.63) is 41.8 Å². The lowest BCUT2D eigenvalue weighted by molar-refractivity contribution is -0.140. The van der Waals surface area contributed by atoms with E-state index in [9.17, 15) is 14.7 Å². The standard InChI is InChI=1S/C17H20N2O4/c1-4-10(2)15(17(21)22)19-16(20)12-7-8-13(18-11(12)3)14-6-5-9-23-14/h5-10,15H,4H2,1-3H3,(H,19,20)(H,21,22). The molecule has 0 saturated carbocycles. The lowest BCUT2D eigenvalue weighted by Gasteiger charge is -2.20. The first-order chi connectivity index (χ1) is 10.9. The number of aliphatic carboxylic acids is 1. The smallest absolute Gasteiger partial charge is 0.326 e. The van der Waals surface area contributed by atoms with Crippen molar-refractivity contribution < 1.29 is 19.1 Å². The molecule has 0 aliphatic heterocycles. The van der Waals surface area contributed by atoms with Crippen molar-refractivity contribution in [1.29, 1.82) is 0 Å². The van der Waals surface area contributed by atoms with Crippen LogP contribution in [0.15, 0.2) is 34.9 Å². The van der Waals surface area contributed by atoms with Crippen LogP contribution in [0.3, 0.4) is 0 Å². The highest BCUT2D eigenvalue weighted by molar-refractivity contribution is 5.97. The molecule has 0 aliphatic rings. The van der Waals surface area contributed by atoms with Crippen LogP contribution >= 0.6 is 0 Å². The quantitative estimate of drug-likeness (QED) is 0.855. The van der Waals surface area contributed by atoms with E-state index in [0.29, 0.717) is 29.1 Å². The van der Waals surface area contributed by atoms with E-state index in [-0.39, 0.29) is 5.92 Å². The summed E-state index contributed by atoms with van der Waals surface area (Å²) >= 11 is 0. The van der Waals surface area contributed by atoms with Gasteiger partial charge in [-0.15, -0.1) is 0 Å². The number of aryl methyl sites for hydroxylation is 1. The molecule has 2 unspecified atom stereocenters. The second-order valence-corrected chi connectivity index (χ2v) is 5.48. The van der Waals surface area contributed by atoms with Gasteiger partial charge in [-0.25, -0.2) is 9.78 Å². The zero-order valence-corrected chi connectivity index (χ0v) is 13.4. The second kappa shape index (κ2) is 7.09. The summed E-state index contributed by atoms with van der Waals surface area (Å²) < 4.78 is 5.28. The van der Waals surface area contributed by atoms with Crippen LogP contribution in [0.1, 0.15) is 36.3 Å². The first-order valence-electron chi connectivity index (χ1n) is 7.49. The number of carboxylic acids is 1. The third-order valence-corrected chi connectivity index (χ3v) is 3.87. The zero-order chi connectivity index (χ0) is 17.0. The fourth-order valence-electron chi connectivity index (χ4n) is 2.26. The monoisotopic (exact) mass is 316 g/mol. The molecule has 0 radical (unpaired) electrons. The molecule has 2 heterocycles. The van der Waals surface area contributed by atoms with Gasteiger partial charge >= 0.3 is 5.97 Å². The predicted octanol–water partition coefficient (Wildman–Crippen LogP) is 2.88. The van der Waals surface area contributed by atoms with Crippen LogP contribution in [-0.4, -0.2) is 28.0 Å². The van der Waals surface area contributed by atoms with Crippen molar-refractivity contribution in [1.82, 2.24) is 10.3 Å². The fourth-order valence-corrected chi connectivity index (χ4v) is 2.26. The Morgan fingerprint density at radius 3 is 2.61 bits per heavy atom. The fraction of sp³-hybridized carbons (Fsp3) is 0.353. The second-order valence-electron chi connectivity index (χ2n) is 5.48. The molecule has 0 bridgehead atoms. The van der Waals surface area contributed by atoms with Crippen molar-refractivity contribution in [3.63, 3.8) is 0 Å². The van der Waals surface area contributed by atoms with Crippen LogP contribution in [0.4, 0.5) is 0 Å². The van der Waals surface area contributed by atoms with E-state index in [1.165, 1.54) is 0 Å². The number of hydrogen-bond acceptors (Lipinski definition) is 4. The summed E-state index contributed by atoms with van der Waals surface area (Å²) in [6.07, 6.45) is 2.21. The van der Waals surface area contributed by atoms with Crippen molar-refractivity contribution in [2.45, 2.75) is 33.2 Å². The SMILES string of the molecule is CCC(C)C(NC(=O)c1ccc(-c2ccco2)nc1C)C(=O)O. The van der Waals surface area contributed by atoms with Gasteiger partial charge in [0.05, 0.1) is 17.5 Å². The number of carbonyl (C=O) groups is 2. The van der Waals surface area contributed by atoms with Crippen LogP contribution in [0, 0.1) is 12.8 Å². The number of pyridine rings is 1. The minimum Gasteiger partial charge on any atom is -0.480 e. The molecule has 1 amide bonds. The van der Waals surface area contributed by atoms with Gasteiger partial charge in [0, 0.05) is 0 Å². The molecule has 2 N–H and O–H groups in total. The van der Waals surface area contributed by atoms with Crippen molar-refractivity contribution in [3.8, 4) is 11.5 Å². The molecule has 2 atom stereocenters. The van der Waals surface area contributed by atoms with E-state index in [0.717, 1.165) is 0 Å². The maximum atomic E-state index is 12.4. The Morgan fingerprint density at radius 2 is 2.09 bits per heavy atom. The van der Waals surface area contributed by atoms with E-state index in [1.807, 2.05) is 6.92 Å². The third kappa shape index (κ3) is 3.77. The molecule has 6 heteroatoms. The van der Waals surface area contributed by atoms with Crippen molar-refractivity contribution in [2.75, 3.05) is 0 Å². The van der Waals surface area contributed by atoms with Gasteiger partial charge in [-0.3, -0.25) is 4.79 Å².